The van der Waals surface area contributed by atoms with E-state index < -0.39 is 0 Å². The zero-order valence-corrected chi connectivity index (χ0v) is 13.0. The third-order valence-corrected chi connectivity index (χ3v) is 4.78. The van der Waals surface area contributed by atoms with Crippen LogP contribution in [0.15, 0.2) is 28.7 Å². The quantitative estimate of drug-likeness (QED) is 0.801. The van der Waals surface area contributed by atoms with E-state index in [0.717, 1.165) is 16.8 Å². The third-order valence-electron chi connectivity index (χ3n) is 4.25. The second kappa shape index (κ2) is 6.72. The Balaban J connectivity index is 1.97. The fourth-order valence-corrected chi connectivity index (χ4v) is 3.32. The molecule has 1 fully saturated rings. The van der Waals surface area contributed by atoms with Crippen molar-refractivity contribution in [2.75, 3.05) is 0 Å². The predicted molar refractivity (Wildman–Crippen MR) is 81.7 cm³/mol. The van der Waals surface area contributed by atoms with Crippen molar-refractivity contribution in [3.8, 4) is 0 Å². The van der Waals surface area contributed by atoms with E-state index in [1.807, 2.05) is 0 Å². The molecule has 2 rings (SSSR count). The zero-order chi connectivity index (χ0) is 13.0. The van der Waals surface area contributed by atoms with Crippen molar-refractivity contribution in [3.63, 3.8) is 0 Å². The summed E-state index contributed by atoms with van der Waals surface area (Å²) >= 11 is 3.50. The minimum Gasteiger partial charge on any atom is -0.307 e. The average molecular weight is 310 g/mol. The molecule has 2 unspecified atom stereocenters. The fraction of sp³-hybridized carbons (Fsp3) is 0.625. The molecule has 1 saturated carbocycles. The number of hydrogen-bond acceptors (Lipinski definition) is 1. The monoisotopic (exact) mass is 309 g/mol. The predicted octanol–water partition coefficient (Wildman–Crippen LogP) is 5.07. The van der Waals surface area contributed by atoms with Crippen LogP contribution < -0.4 is 5.32 Å². The average Bonchev–Trinajstić information content (AvgIpc) is 2.91. The first kappa shape index (κ1) is 14.1. The number of nitrogens with one attached hydrogen (secondary N) is 1. The molecule has 1 aliphatic rings. The third kappa shape index (κ3) is 3.58. The molecule has 2 heteroatoms. The molecule has 0 amide bonds. The van der Waals surface area contributed by atoms with Crippen molar-refractivity contribution in [3.05, 3.63) is 34.3 Å². The van der Waals surface area contributed by atoms with Crippen LogP contribution in [0.2, 0.25) is 0 Å². The van der Waals surface area contributed by atoms with Crippen molar-refractivity contribution >= 4 is 15.9 Å². The highest BCUT2D eigenvalue weighted by Gasteiger charge is 2.23. The van der Waals surface area contributed by atoms with Crippen molar-refractivity contribution in [2.24, 2.45) is 5.92 Å². The Morgan fingerprint density at radius 3 is 2.39 bits per heavy atom. The Morgan fingerprint density at radius 2 is 1.83 bits per heavy atom. The summed E-state index contributed by atoms with van der Waals surface area (Å²) in [6.07, 6.45) is 6.81. The van der Waals surface area contributed by atoms with E-state index in [-0.39, 0.29) is 0 Å². The van der Waals surface area contributed by atoms with Crippen LogP contribution in [-0.4, -0.2) is 6.04 Å². The first-order valence-electron chi connectivity index (χ1n) is 7.22. The highest BCUT2D eigenvalue weighted by atomic mass is 79.9. The summed E-state index contributed by atoms with van der Waals surface area (Å²) in [5.74, 6) is 0.884. The number of benzene rings is 1. The molecule has 1 aliphatic carbocycles. The van der Waals surface area contributed by atoms with Gasteiger partial charge in [0.2, 0.25) is 0 Å². The van der Waals surface area contributed by atoms with Crippen molar-refractivity contribution in [2.45, 2.75) is 58.0 Å². The SMILES string of the molecule is CCC(NC(C)C1CCCC1)c1ccc(Br)cc1. The maximum atomic E-state index is 3.83. The van der Waals surface area contributed by atoms with Gasteiger partial charge in [0, 0.05) is 16.6 Å². The molecule has 1 aromatic carbocycles. The van der Waals surface area contributed by atoms with E-state index in [4.69, 9.17) is 0 Å². The Bertz CT molecular complexity index is 354. The van der Waals surface area contributed by atoms with E-state index in [2.05, 4.69) is 59.4 Å². The van der Waals surface area contributed by atoms with Gasteiger partial charge in [0.05, 0.1) is 0 Å². The van der Waals surface area contributed by atoms with Gasteiger partial charge in [-0.15, -0.1) is 0 Å². The molecule has 2 atom stereocenters. The van der Waals surface area contributed by atoms with Gasteiger partial charge in [-0.1, -0.05) is 47.8 Å². The van der Waals surface area contributed by atoms with Crippen LogP contribution in [0.1, 0.15) is 57.6 Å². The van der Waals surface area contributed by atoms with E-state index in [1.54, 1.807) is 0 Å². The Hall–Kier alpha value is -0.340. The van der Waals surface area contributed by atoms with Crippen LogP contribution in [0.3, 0.4) is 0 Å². The minimum absolute atomic E-state index is 0.494. The van der Waals surface area contributed by atoms with Gasteiger partial charge in [-0.25, -0.2) is 0 Å². The minimum atomic E-state index is 0.494. The largest absolute Gasteiger partial charge is 0.307 e. The molecule has 18 heavy (non-hydrogen) atoms. The van der Waals surface area contributed by atoms with E-state index in [0.29, 0.717) is 12.1 Å². The normalized spacial score (nSPS) is 19.9. The molecule has 1 nitrogen and oxygen atoms in total. The van der Waals surface area contributed by atoms with Crippen LogP contribution >= 0.6 is 15.9 Å². The molecule has 0 aliphatic heterocycles. The second-order valence-electron chi connectivity index (χ2n) is 5.51. The lowest BCUT2D eigenvalue weighted by Gasteiger charge is -2.27. The maximum Gasteiger partial charge on any atom is 0.0320 e. The Morgan fingerprint density at radius 1 is 1.22 bits per heavy atom. The lowest BCUT2D eigenvalue weighted by Crippen LogP contribution is -2.35. The topological polar surface area (TPSA) is 12.0 Å². The molecule has 0 radical (unpaired) electrons. The Labute approximate surface area is 119 Å². The lowest BCUT2D eigenvalue weighted by atomic mass is 9.96. The first-order chi connectivity index (χ1) is 8.70. The molecule has 0 spiro atoms. The van der Waals surface area contributed by atoms with Crippen molar-refractivity contribution < 1.29 is 0 Å². The summed E-state index contributed by atoms with van der Waals surface area (Å²) in [6, 6.07) is 9.87. The van der Waals surface area contributed by atoms with Crippen LogP contribution in [0.25, 0.3) is 0 Å². The van der Waals surface area contributed by atoms with E-state index >= 15 is 0 Å². The van der Waals surface area contributed by atoms with Crippen LogP contribution in [0.4, 0.5) is 0 Å². The summed E-state index contributed by atoms with van der Waals surface area (Å²) in [6.45, 7) is 4.62. The summed E-state index contributed by atoms with van der Waals surface area (Å²) in [7, 11) is 0. The molecule has 0 bridgehead atoms. The molecule has 0 saturated heterocycles. The Kier molecular flexibility index (Phi) is 5.25. The molecular formula is C16H24BrN. The maximum absolute atomic E-state index is 3.83. The van der Waals surface area contributed by atoms with Crippen molar-refractivity contribution in [1.29, 1.82) is 0 Å². The van der Waals surface area contributed by atoms with Gasteiger partial charge in [-0.3, -0.25) is 0 Å². The summed E-state index contributed by atoms with van der Waals surface area (Å²) < 4.78 is 1.16. The number of halogens is 1. The van der Waals surface area contributed by atoms with Gasteiger partial charge in [0.1, 0.15) is 0 Å². The number of hydrogen-bond donors (Lipinski definition) is 1. The number of rotatable bonds is 5. The molecular weight excluding hydrogens is 286 g/mol. The lowest BCUT2D eigenvalue weighted by molar-refractivity contribution is 0.339. The van der Waals surface area contributed by atoms with E-state index in [9.17, 15) is 0 Å². The molecule has 0 heterocycles. The van der Waals surface area contributed by atoms with Gasteiger partial charge in [0.15, 0.2) is 0 Å². The zero-order valence-electron chi connectivity index (χ0n) is 11.5. The molecule has 100 valence electrons. The first-order valence-corrected chi connectivity index (χ1v) is 8.01. The van der Waals surface area contributed by atoms with Gasteiger partial charge >= 0.3 is 0 Å². The van der Waals surface area contributed by atoms with Crippen LogP contribution in [0, 0.1) is 5.92 Å². The van der Waals surface area contributed by atoms with Crippen LogP contribution in [0.5, 0.6) is 0 Å². The van der Waals surface area contributed by atoms with Crippen molar-refractivity contribution in [1.82, 2.24) is 5.32 Å². The standard InChI is InChI=1S/C16H24BrN/c1-3-16(14-8-10-15(17)11-9-14)18-12(2)13-6-4-5-7-13/h8-13,16,18H,3-7H2,1-2H3. The van der Waals surface area contributed by atoms with Gasteiger partial charge in [0.25, 0.3) is 0 Å². The fourth-order valence-electron chi connectivity index (χ4n) is 3.06. The smallest absolute Gasteiger partial charge is 0.0320 e. The van der Waals surface area contributed by atoms with Crippen LogP contribution in [-0.2, 0) is 0 Å². The van der Waals surface area contributed by atoms with Gasteiger partial charge in [-0.2, -0.15) is 0 Å². The molecule has 1 N–H and O–H groups in total. The summed E-state index contributed by atoms with van der Waals surface area (Å²) in [4.78, 5) is 0. The van der Waals surface area contributed by atoms with Gasteiger partial charge < -0.3 is 5.32 Å². The summed E-state index contributed by atoms with van der Waals surface area (Å²) in [5, 5.41) is 3.83. The van der Waals surface area contributed by atoms with Gasteiger partial charge in [-0.05, 0) is 49.8 Å². The highest BCUT2D eigenvalue weighted by molar-refractivity contribution is 9.10. The second-order valence-corrected chi connectivity index (χ2v) is 6.43. The summed E-state index contributed by atoms with van der Waals surface area (Å²) in [5.41, 5.74) is 1.41. The molecule has 1 aromatic rings. The highest BCUT2D eigenvalue weighted by Crippen LogP contribution is 2.29. The van der Waals surface area contributed by atoms with E-state index in [1.165, 1.54) is 31.2 Å². The molecule has 0 aromatic heterocycles.